The van der Waals surface area contributed by atoms with Crippen LogP contribution in [0.4, 0.5) is 0 Å². The number of nitrogens with zero attached hydrogens (tertiary/aromatic N) is 3. The smallest absolute Gasteiger partial charge is 0.164 e. The Labute approximate surface area is 102 Å². The van der Waals surface area contributed by atoms with Gasteiger partial charge in [-0.25, -0.2) is 0 Å². The van der Waals surface area contributed by atoms with Crippen molar-refractivity contribution in [2.24, 2.45) is 5.92 Å². The third-order valence-corrected chi connectivity index (χ3v) is 3.90. The molecule has 0 radical (unpaired) electrons. The second-order valence-electron chi connectivity index (χ2n) is 5.52. The molecule has 1 aromatic heterocycles. The van der Waals surface area contributed by atoms with Gasteiger partial charge in [0, 0.05) is 20.2 Å². The number of fused-ring (bicyclic) bond motifs is 1. The standard InChI is InChI=1S/C12H20N4O/c1-12(2,17-3)11-15-14-10-9(8-4-5-8)13-6-7-16(10)11/h8-9,13H,4-7H2,1-3H3. The monoisotopic (exact) mass is 236 g/mol. The van der Waals surface area contributed by atoms with E-state index in [1.807, 2.05) is 13.8 Å². The van der Waals surface area contributed by atoms with Gasteiger partial charge in [0.1, 0.15) is 5.60 Å². The third kappa shape index (κ3) is 1.77. The molecule has 1 atom stereocenters. The molecule has 5 heteroatoms. The van der Waals surface area contributed by atoms with Crippen LogP contribution in [0.2, 0.25) is 0 Å². The van der Waals surface area contributed by atoms with E-state index in [0.717, 1.165) is 30.7 Å². The molecule has 0 bridgehead atoms. The minimum Gasteiger partial charge on any atom is -0.371 e. The summed E-state index contributed by atoms with van der Waals surface area (Å²) in [6.45, 7) is 6.02. The summed E-state index contributed by atoms with van der Waals surface area (Å²) in [5.41, 5.74) is -0.364. The summed E-state index contributed by atoms with van der Waals surface area (Å²) in [5, 5.41) is 12.3. The van der Waals surface area contributed by atoms with Crippen molar-refractivity contribution >= 4 is 0 Å². The SMILES string of the molecule is COC(C)(C)c1nnc2n1CCNC2C1CC1. The fourth-order valence-electron chi connectivity index (χ4n) is 2.53. The molecule has 1 unspecified atom stereocenters. The van der Waals surface area contributed by atoms with Crippen molar-refractivity contribution < 1.29 is 4.74 Å². The summed E-state index contributed by atoms with van der Waals surface area (Å²) in [4.78, 5) is 0. The maximum Gasteiger partial charge on any atom is 0.164 e. The molecule has 1 N–H and O–H groups in total. The zero-order chi connectivity index (χ0) is 12.0. The van der Waals surface area contributed by atoms with E-state index in [1.54, 1.807) is 7.11 Å². The average molecular weight is 236 g/mol. The Morgan fingerprint density at radius 2 is 2.12 bits per heavy atom. The molecule has 1 aromatic rings. The highest BCUT2D eigenvalue weighted by Gasteiger charge is 2.39. The normalized spacial score (nSPS) is 24.8. The maximum atomic E-state index is 5.52. The van der Waals surface area contributed by atoms with Gasteiger partial charge in [0.05, 0.1) is 6.04 Å². The molecule has 1 aliphatic carbocycles. The molecular formula is C12H20N4O. The van der Waals surface area contributed by atoms with Crippen LogP contribution in [0.15, 0.2) is 0 Å². The van der Waals surface area contributed by atoms with Crippen LogP contribution in [0.25, 0.3) is 0 Å². The zero-order valence-electron chi connectivity index (χ0n) is 10.7. The lowest BCUT2D eigenvalue weighted by Gasteiger charge is -2.28. The van der Waals surface area contributed by atoms with Crippen molar-refractivity contribution in [3.63, 3.8) is 0 Å². The Balaban J connectivity index is 1.98. The van der Waals surface area contributed by atoms with Gasteiger partial charge in [-0.2, -0.15) is 0 Å². The molecule has 0 spiro atoms. The summed E-state index contributed by atoms with van der Waals surface area (Å²) >= 11 is 0. The molecule has 3 rings (SSSR count). The molecule has 1 saturated carbocycles. The second kappa shape index (κ2) is 3.78. The Hall–Kier alpha value is -0.940. The number of hydrogen-bond acceptors (Lipinski definition) is 4. The van der Waals surface area contributed by atoms with E-state index in [4.69, 9.17) is 4.74 Å². The molecule has 5 nitrogen and oxygen atoms in total. The summed E-state index contributed by atoms with van der Waals surface area (Å²) in [7, 11) is 1.72. The van der Waals surface area contributed by atoms with E-state index in [1.165, 1.54) is 12.8 Å². The Bertz CT molecular complexity index is 422. The fourth-order valence-corrected chi connectivity index (χ4v) is 2.53. The molecule has 2 heterocycles. The molecule has 1 aliphatic heterocycles. The summed E-state index contributed by atoms with van der Waals surface area (Å²) in [5.74, 6) is 2.80. The highest BCUT2D eigenvalue weighted by molar-refractivity contribution is 5.12. The van der Waals surface area contributed by atoms with Gasteiger partial charge in [-0.05, 0) is 32.6 Å². The molecule has 94 valence electrons. The van der Waals surface area contributed by atoms with Crippen LogP contribution < -0.4 is 5.32 Å². The van der Waals surface area contributed by atoms with Gasteiger partial charge in [-0.15, -0.1) is 10.2 Å². The van der Waals surface area contributed by atoms with Gasteiger partial charge in [-0.3, -0.25) is 0 Å². The van der Waals surface area contributed by atoms with Crippen LogP contribution in [0, 0.1) is 5.92 Å². The van der Waals surface area contributed by atoms with Crippen LogP contribution in [0.1, 0.15) is 44.4 Å². The summed E-state index contributed by atoms with van der Waals surface area (Å²) in [6, 6.07) is 0.401. The van der Waals surface area contributed by atoms with E-state index in [9.17, 15) is 0 Å². The van der Waals surface area contributed by atoms with Gasteiger partial charge in [0.2, 0.25) is 0 Å². The van der Waals surface area contributed by atoms with Crippen molar-refractivity contribution in [3.05, 3.63) is 11.6 Å². The number of ether oxygens (including phenoxy) is 1. The predicted molar refractivity (Wildman–Crippen MR) is 63.5 cm³/mol. The fraction of sp³-hybridized carbons (Fsp3) is 0.833. The first-order valence-corrected chi connectivity index (χ1v) is 6.35. The Morgan fingerprint density at radius 3 is 2.76 bits per heavy atom. The first kappa shape index (κ1) is 11.2. The molecular weight excluding hydrogens is 216 g/mol. The first-order valence-electron chi connectivity index (χ1n) is 6.35. The lowest BCUT2D eigenvalue weighted by Crippen LogP contribution is -2.37. The van der Waals surface area contributed by atoms with Crippen molar-refractivity contribution in [2.75, 3.05) is 13.7 Å². The number of hydrogen-bond donors (Lipinski definition) is 1. The van der Waals surface area contributed by atoms with Crippen molar-refractivity contribution in [2.45, 2.75) is 44.9 Å². The molecule has 0 amide bonds. The number of aromatic nitrogens is 3. The molecule has 0 saturated heterocycles. The Morgan fingerprint density at radius 1 is 1.35 bits per heavy atom. The van der Waals surface area contributed by atoms with Crippen LogP contribution in [-0.2, 0) is 16.9 Å². The molecule has 0 aromatic carbocycles. The summed E-state index contributed by atoms with van der Waals surface area (Å²) < 4.78 is 7.75. The lowest BCUT2D eigenvalue weighted by atomic mass is 10.1. The first-order chi connectivity index (χ1) is 8.13. The van der Waals surface area contributed by atoms with Crippen molar-refractivity contribution in [1.29, 1.82) is 0 Å². The van der Waals surface area contributed by atoms with Gasteiger partial charge >= 0.3 is 0 Å². The van der Waals surface area contributed by atoms with Gasteiger partial charge in [0.25, 0.3) is 0 Å². The topological polar surface area (TPSA) is 52.0 Å². The van der Waals surface area contributed by atoms with Gasteiger partial charge in [0.15, 0.2) is 11.6 Å². The maximum absolute atomic E-state index is 5.52. The zero-order valence-corrected chi connectivity index (χ0v) is 10.7. The molecule has 1 fully saturated rings. The van der Waals surface area contributed by atoms with Crippen LogP contribution in [0.3, 0.4) is 0 Å². The number of rotatable bonds is 3. The van der Waals surface area contributed by atoms with E-state index >= 15 is 0 Å². The number of methoxy groups -OCH3 is 1. The van der Waals surface area contributed by atoms with Crippen LogP contribution in [0.5, 0.6) is 0 Å². The minimum atomic E-state index is -0.364. The average Bonchev–Trinajstić information content (AvgIpc) is 3.07. The van der Waals surface area contributed by atoms with Gasteiger partial charge < -0.3 is 14.6 Å². The van der Waals surface area contributed by atoms with Crippen molar-refractivity contribution in [1.82, 2.24) is 20.1 Å². The molecule has 2 aliphatic rings. The summed E-state index contributed by atoms with van der Waals surface area (Å²) in [6.07, 6.45) is 2.63. The number of nitrogens with one attached hydrogen (secondary N) is 1. The van der Waals surface area contributed by atoms with E-state index < -0.39 is 0 Å². The van der Waals surface area contributed by atoms with Crippen molar-refractivity contribution in [3.8, 4) is 0 Å². The quantitative estimate of drug-likeness (QED) is 0.857. The minimum absolute atomic E-state index is 0.364. The van der Waals surface area contributed by atoms with Crippen LogP contribution in [-0.4, -0.2) is 28.4 Å². The largest absolute Gasteiger partial charge is 0.371 e. The second-order valence-corrected chi connectivity index (χ2v) is 5.52. The van der Waals surface area contributed by atoms with Crippen LogP contribution >= 0.6 is 0 Å². The highest BCUT2D eigenvalue weighted by Crippen LogP contribution is 2.42. The van der Waals surface area contributed by atoms with Gasteiger partial charge in [-0.1, -0.05) is 0 Å². The third-order valence-electron chi connectivity index (χ3n) is 3.90. The van der Waals surface area contributed by atoms with E-state index in [0.29, 0.717) is 6.04 Å². The lowest BCUT2D eigenvalue weighted by molar-refractivity contribution is 0.00760. The Kier molecular flexibility index (Phi) is 2.48. The molecule has 17 heavy (non-hydrogen) atoms. The van der Waals surface area contributed by atoms with E-state index in [2.05, 4.69) is 20.1 Å². The highest BCUT2D eigenvalue weighted by atomic mass is 16.5. The van der Waals surface area contributed by atoms with E-state index in [-0.39, 0.29) is 5.60 Å². The predicted octanol–water partition coefficient (Wildman–Crippen LogP) is 1.21.